The number of nitrogens with zero attached hydrogens (tertiary/aromatic N) is 4. The van der Waals surface area contributed by atoms with Gasteiger partial charge in [0.2, 0.25) is 5.96 Å². The van der Waals surface area contributed by atoms with Crippen LogP contribution in [0.5, 0.6) is 0 Å². The van der Waals surface area contributed by atoms with Crippen LogP contribution in [0, 0.1) is 0 Å². The van der Waals surface area contributed by atoms with Crippen LogP contribution in [0.2, 0.25) is 0 Å². The summed E-state index contributed by atoms with van der Waals surface area (Å²) in [5.41, 5.74) is 9.74. The van der Waals surface area contributed by atoms with Crippen LogP contribution in [0.3, 0.4) is 0 Å². The van der Waals surface area contributed by atoms with Crippen molar-refractivity contribution < 1.29 is 0 Å². The Morgan fingerprint density at radius 3 is 2.37 bits per heavy atom. The zero-order valence-electron chi connectivity index (χ0n) is 33.1. The molecule has 57 heavy (non-hydrogen) atoms. The number of hydrogen-bond acceptors (Lipinski definition) is 1. The van der Waals surface area contributed by atoms with Crippen LogP contribution in [-0.2, 0) is 0 Å². The molecule has 4 nitrogen and oxygen atoms in total. The Balaban J connectivity index is 1.47. The number of aliphatic imine (C=N–C) groups is 2. The van der Waals surface area contributed by atoms with Crippen molar-refractivity contribution in [1.82, 2.24) is 9.13 Å². The number of hydrogen-bond donors (Lipinski definition) is 0. The summed E-state index contributed by atoms with van der Waals surface area (Å²) in [6.07, 6.45) is 24.5. The Morgan fingerprint density at radius 1 is 0.842 bits per heavy atom. The standard InChI is InChI=1S/C53H48N4/c1-6-10-22-38(8-3)36-54-53(55-47(9-4)39-23-14-12-15-24-39)57-48(30-11-7-2)37(5)51-45(34-40-25-18-19-28-43(40)52(51)57)41-32-33-50-46(35-41)44-29-20-21-31-49(44)56(50)42-26-16-13-17-27-42/h7-12,14-16,18-35H,4-6,13,17,36H2,1-3H3/b11-7-,22-10-,38-8+,48-30+,54-53?,55-47+. The van der Waals surface area contributed by atoms with Gasteiger partial charge >= 0.3 is 0 Å². The first-order valence-electron chi connectivity index (χ1n) is 20.0. The maximum absolute atomic E-state index is 5.36. The summed E-state index contributed by atoms with van der Waals surface area (Å²) in [4.78, 5) is 10.7. The second-order valence-electron chi connectivity index (χ2n) is 14.3. The topological polar surface area (TPSA) is 34.6 Å². The number of aromatic nitrogens is 2. The highest BCUT2D eigenvalue weighted by Gasteiger charge is 2.21. The van der Waals surface area contributed by atoms with Gasteiger partial charge in [-0.2, -0.15) is 0 Å². The number of para-hydroxylation sites is 1. The van der Waals surface area contributed by atoms with Gasteiger partial charge in [-0.1, -0.05) is 141 Å². The molecule has 4 heteroatoms. The molecule has 8 rings (SSSR count). The van der Waals surface area contributed by atoms with Crippen molar-refractivity contribution in [3.63, 3.8) is 0 Å². The van der Waals surface area contributed by atoms with Crippen molar-refractivity contribution in [3.05, 3.63) is 186 Å². The second-order valence-corrected chi connectivity index (χ2v) is 14.3. The quantitative estimate of drug-likeness (QED) is 0.0802. The van der Waals surface area contributed by atoms with Crippen molar-refractivity contribution >= 4 is 73.5 Å². The van der Waals surface area contributed by atoms with Crippen LogP contribution in [0.25, 0.3) is 73.0 Å². The number of benzene rings is 5. The molecule has 0 radical (unpaired) electrons. The lowest BCUT2D eigenvalue weighted by Crippen LogP contribution is -2.32. The van der Waals surface area contributed by atoms with Gasteiger partial charge in [0.05, 0.1) is 34.2 Å². The zero-order valence-corrected chi connectivity index (χ0v) is 33.1. The normalized spacial score (nSPS) is 14.7. The lowest BCUT2D eigenvalue weighted by molar-refractivity contribution is 1.02. The van der Waals surface area contributed by atoms with Gasteiger partial charge in [0.15, 0.2) is 0 Å². The molecule has 0 bridgehead atoms. The summed E-state index contributed by atoms with van der Waals surface area (Å²) in [6.45, 7) is 15.7. The monoisotopic (exact) mass is 740 g/mol. The van der Waals surface area contributed by atoms with E-state index in [0.29, 0.717) is 12.5 Å². The molecule has 7 aromatic rings. The second kappa shape index (κ2) is 16.5. The summed E-state index contributed by atoms with van der Waals surface area (Å²) in [5, 5.41) is 7.62. The fraction of sp³-hybridized carbons (Fsp3) is 0.132. The highest BCUT2D eigenvalue weighted by atomic mass is 15.2. The molecule has 1 aliphatic rings. The molecular weight excluding hydrogens is 693 g/mol. The summed E-state index contributed by atoms with van der Waals surface area (Å²) in [5.74, 6) is 0.572. The lowest BCUT2D eigenvalue weighted by Gasteiger charge is -2.14. The van der Waals surface area contributed by atoms with Crippen molar-refractivity contribution in [2.45, 2.75) is 40.0 Å². The maximum Gasteiger partial charge on any atom is 0.230 e. The average Bonchev–Trinajstić information content (AvgIpc) is 3.75. The van der Waals surface area contributed by atoms with Crippen LogP contribution in [0.1, 0.15) is 45.6 Å². The van der Waals surface area contributed by atoms with Crippen molar-refractivity contribution in [1.29, 1.82) is 0 Å². The van der Waals surface area contributed by atoms with E-state index in [0.717, 1.165) is 79.5 Å². The van der Waals surface area contributed by atoms with Crippen LogP contribution < -0.4 is 10.6 Å². The van der Waals surface area contributed by atoms with E-state index in [1.807, 2.05) is 37.3 Å². The molecule has 0 aliphatic heterocycles. The van der Waals surface area contributed by atoms with E-state index in [-0.39, 0.29) is 0 Å². The van der Waals surface area contributed by atoms with Gasteiger partial charge in [0.25, 0.3) is 0 Å². The number of rotatable bonds is 9. The molecule has 2 heterocycles. The van der Waals surface area contributed by atoms with Gasteiger partial charge in [0.1, 0.15) is 0 Å². The third-order valence-electron chi connectivity index (χ3n) is 10.8. The molecule has 0 saturated carbocycles. The van der Waals surface area contributed by atoms with Crippen molar-refractivity contribution in [3.8, 4) is 11.1 Å². The van der Waals surface area contributed by atoms with Crippen LogP contribution >= 0.6 is 0 Å². The molecule has 1 aliphatic carbocycles. The van der Waals surface area contributed by atoms with Crippen LogP contribution in [0.4, 0.5) is 0 Å². The van der Waals surface area contributed by atoms with Crippen LogP contribution in [0.15, 0.2) is 180 Å². The first-order chi connectivity index (χ1) is 28.1. The fourth-order valence-electron chi connectivity index (χ4n) is 8.00. The van der Waals surface area contributed by atoms with Gasteiger partial charge < -0.3 is 4.57 Å². The maximum atomic E-state index is 5.36. The molecule has 280 valence electrons. The first-order valence-corrected chi connectivity index (χ1v) is 20.0. The van der Waals surface area contributed by atoms with E-state index in [9.17, 15) is 0 Å². The Bertz CT molecular complexity index is 3010. The third kappa shape index (κ3) is 7.00. The molecule has 5 aromatic carbocycles. The van der Waals surface area contributed by atoms with Gasteiger partial charge in [-0.05, 0) is 97.7 Å². The van der Waals surface area contributed by atoms with E-state index >= 15 is 0 Å². The van der Waals surface area contributed by atoms with Gasteiger partial charge in [-0.15, -0.1) is 0 Å². The summed E-state index contributed by atoms with van der Waals surface area (Å²) < 4.78 is 4.63. The Kier molecular flexibility index (Phi) is 10.8. The van der Waals surface area contributed by atoms with Gasteiger partial charge in [-0.25, -0.2) is 9.98 Å². The van der Waals surface area contributed by atoms with Crippen molar-refractivity contribution in [2.75, 3.05) is 6.54 Å². The Hall–Kier alpha value is -6.78. The Morgan fingerprint density at radius 2 is 1.61 bits per heavy atom. The lowest BCUT2D eigenvalue weighted by atomic mass is 9.95. The molecule has 0 N–H and O–H groups in total. The van der Waals surface area contributed by atoms with Crippen molar-refractivity contribution in [2.24, 2.45) is 9.98 Å². The molecule has 0 fully saturated rings. The Labute approximate surface area is 335 Å². The summed E-state index contributed by atoms with van der Waals surface area (Å²) in [7, 11) is 0. The van der Waals surface area contributed by atoms with Gasteiger partial charge in [0, 0.05) is 38.0 Å². The third-order valence-corrected chi connectivity index (χ3v) is 10.8. The van der Waals surface area contributed by atoms with Crippen LogP contribution in [-0.4, -0.2) is 27.4 Å². The zero-order chi connectivity index (χ0) is 39.3. The largest absolute Gasteiger partial charge is 0.310 e. The summed E-state index contributed by atoms with van der Waals surface area (Å²) in [6, 6.07) is 36.8. The molecule has 0 saturated heterocycles. The minimum atomic E-state index is 0.463. The predicted octanol–water partition coefficient (Wildman–Crippen LogP) is 12.3. The minimum absolute atomic E-state index is 0.463. The smallest absolute Gasteiger partial charge is 0.230 e. The highest BCUT2D eigenvalue weighted by Crippen LogP contribution is 2.38. The van der Waals surface area contributed by atoms with Gasteiger partial charge in [-0.3, -0.25) is 4.57 Å². The number of allylic oxidation sites excluding steroid dienone is 9. The number of fused-ring (bicyclic) bond motifs is 6. The average molecular weight is 741 g/mol. The van der Waals surface area contributed by atoms with E-state index in [1.54, 1.807) is 0 Å². The molecular formula is C53H48N4. The van der Waals surface area contributed by atoms with E-state index < -0.39 is 0 Å². The fourth-order valence-corrected chi connectivity index (χ4v) is 8.00. The molecule has 0 unspecified atom stereocenters. The molecule has 0 atom stereocenters. The molecule has 2 aromatic heterocycles. The predicted molar refractivity (Wildman–Crippen MR) is 249 cm³/mol. The molecule has 0 spiro atoms. The summed E-state index contributed by atoms with van der Waals surface area (Å²) >= 11 is 0. The molecule has 0 amide bonds. The SMILES string of the molecule is C=C/C(=N\C(=NCC(/C=C\CC)=C/C)n1/c(=C/C=C\C)c(=C)c2c(-c3ccc4c(c3)c3ccccc3n4C3=CCCC=C3)cc3ccccc3c21)c1ccccc1. The highest BCUT2D eigenvalue weighted by molar-refractivity contribution is 6.19. The van der Waals surface area contributed by atoms with E-state index in [2.05, 4.69) is 163 Å². The first kappa shape index (κ1) is 37.2. The minimum Gasteiger partial charge on any atom is -0.310 e. The van der Waals surface area contributed by atoms with E-state index in [4.69, 9.17) is 16.6 Å². The van der Waals surface area contributed by atoms with E-state index in [1.165, 1.54) is 27.5 Å².